The minimum atomic E-state index is -0.357. The quantitative estimate of drug-likeness (QED) is 0.875. The van der Waals surface area contributed by atoms with Gasteiger partial charge in [0.25, 0.3) is 5.56 Å². The van der Waals surface area contributed by atoms with Crippen LogP contribution in [0, 0.1) is 0 Å². The number of nitrogens with two attached hydrogens (primary N) is 1. The number of anilines is 1. The standard InChI is InChI=1S/C17H25N3O/c1-16(2,3)14-13(18)15(21)20(17(4,5)6)19(14)12-10-8-7-9-11-12/h7-11H,18H2,1-6H3. The van der Waals surface area contributed by atoms with Crippen molar-refractivity contribution in [3.8, 4) is 5.69 Å². The highest BCUT2D eigenvalue weighted by Gasteiger charge is 2.31. The molecule has 0 saturated carbocycles. The first kappa shape index (κ1) is 15.4. The SMILES string of the molecule is CC(C)(C)c1c(N)c(=O)n(C(C)(C)C)n1-c1ccccc1. The van der Waals surface area contributed by atoms with Gasteiger partial charge in [-0.3, -0.25) is 9.48 Å². The van der Waals surface area contributed by atoms with Gasteiger partial charge in [0, 0.05) is 5.41 Å². The Labute approximate surface area is 126 Å². The number of nitrogens with zero attached hydrogens (tertiary/aromatic N) is 2. The van der Waals surface area contributed by atoms with Gasteiger partial charge in [0.15, 0.2) is 0 Å². The van der Waals surface area contributed by atoms with E-state index in [0.717, 1.165) is 11.4 Å². The van der Waals surface area contributed by atoms with Crippen LogP contribution in [-0.2, 0) is 11.0 Å². The fourth-order valence-corrected chi connectivity index (χ4v) is 2.66. The number of nitrogen functional groups attached to an aromatic ring is 1. The van der Waals surface area contributed by atoms with Crippen LogP contribution in [0.4, 0.5) is 5.69 Å². The summed E-state index contributed by atoms with van der Waals surface area (Å²) < 4.78 is 3.72. The molecule has 0 atom stereocenters. The number of para-hydroxylation sites is 1. The highest BCUT2D eigenvalue weighted by molar-refractivity contribution is 5.50. The summed E-state index contributed by atoms with van der Waals surface area (Å²) in [4.78, 5) is 12.7. The number of benzene rings is 1. The topological polar surface area (TPSA) is 53.0 Å². The molecule has 0 bridgehead atoms. The van der Waals surface area contributed by atoms with Gasteiger partial charge < -0.3 is 5.73 Å². The summed E-state index contributed by atoms with van der Waals surface area (Å²) in [5.74, 6) is 0. The Bertz CT molecular complexity index is 695. The molecule has 1 aromatic heterocycles. The van der Waals surface area contributed by atoms with E-state index in [1.54, 1.807) is 4.68 Å². The Hall–Kier alpha value is -1.97. The number of rotatable bonds is 1. The van der Waals surface area contributed by atoms with Crippen LogP contribution in [0.25, 0.3) is 5.69 Å². The van der Waals surface area contributed by atoms with Crippen LogP contribution >= 0.6 is 0 Å². The lowest BCUT2D eigenvalue weighted by atomic mass is 9.91. The van der Waals surface area contributed by atoms with Gasteiger partial charge in [-0.05, 0) is 32.9 Å². The highest BCUT2D eigenvalue weighted by atomic mass is 16.1. The van der Waals surface area contributed by atoms with Gasteiger partial charge in [0.1, 0.15) is 5.69 Å². The van der Waals surface area contributed by atoms with E-state index in [1.165, 1.54) is 0 Å². The smallest absolute Gasteiger partial charge is 0.290 e. The molecule has 21 heavy (non-hydrogen) atoms. The van der Waals surface area contributed by atoms with Gasteiger partial charge in [0.2, 0.25) is 0 Å². The van der Waals surface area contributed by atoms with Gasteiger partial charge in [-0.1, -0.05) is 39.0 Å². The van der Waals surface area contributed by atoms with Crippen molar-refractivity contribution in [2.45, 2.75) is 52.5 Å². The third-order valence-corrected chi connectivity index (χ3v) is 3.44. The van der Waals surface area contributed by atoms with Crippen LogP contribution < -0.4 is 11.3 Å². The maximum atomic E-state index is 12.7. The summed E-state index contributed by atoms with van der Waals surface area (Å²) in [7, 11) is 0. The summed E-state index contributed by atoms with van der Waals surface area (Å²) in [5.41, 5.74) is 7.60. The van der Waals surface area contributed by atoms with E-state index in [1.807, 2.05) is 55.8 Å². The molecule has 0 saturated heterocycles. The second-order valence-electron chi connectivity index (χ2n) is 7.45. The second kappa shape index (κ2) is 4.79. The molecule has 0 fully saturated rings. The molecule has 114 valence electrons. The molecule has 1 heterocycles. The molecule has 0 radical (unpaired) electrons. The van der Waals surface area contributed by atoms with Crippen LogP contribution in [0.5, 0.6) is 0 Å². The van der Waals surface area contributed by atoms with Crippen LogP contribution in [0.3, 0.4) is 0 Å². The lowest BCUT2D eigenvalue weighted by Crippen LogP contribution is -2.37. The molecule has 1 aromatic carbocycles. The molecular formula is C17H25N3O. The van der Waals surface area contributed by atoms with E-state index < -0.39 is 0 Å². The number of hydrogen-bond donors (Lipinski definition) is 1. The van der Waals surface area contributed by atoms with Crippen molar-refractivity contribution < 1.29 is 0 Å². The zero-order chi connectivity index (χ0) is 16.0. The Morgan fingerprint density at radius 3 is 1.90 bits per heavy atom. The summed E-state index contributed by atoms with van der Waals surface area (Å²) in [6.45, 7) is 12.3. The van der Waals surface area contributed by atoms with Crippen molar-refractivity contribution in [3.63, 3.8) is 0 Å². The molecule has 4 nitrogen and oxygen atoms in total. The van der Waals surface area contributed by atoms with Gasteiger partial charge in [-0.25, -0.2) is 4.68 Å². The molecular weight excluding hydrogens is 262 g/mol. The molecule has 0 unspecified atom stereocenters. The van der Waals surface area contributed by atoms with Crippen molar-refractivity contribution in [3.05, 3.63) is 46.4 Å². The van der Waals surface area contributed by atoms with Gasteiger partial charge in [0.05, 0.1) is 16.9 Å². The second-order valence-corrected chi connectivity index (χ2v) is 7.45. The van der Waals surface area contributed by atoms with Crippen LogP contribution in [0.1, 0.15) is 47.2 Å². The molecule has 0 aliphatic rings. The summed E-state index contributed by atoms with van der Waals surface area (Å²) in [6, 6.07) is 9.89. The lowest BCUT2D eigenvalue weighted by Gasteiger charge is -2.28. The molecule has 0 spiro atoms. The van der Waals surface area contributed by atoms with E-state index in [-0.39, 0.29) is 16.5 Å². The van der Waals surface area contributed by atoms with Gasteiger partial charge in [-0.15, -0.1) is 0 Å². The van der Waals surface area contributed by atoms with E-state index in [9.17, 15) is 4.79 Å². The predicted molar refractivity (Wildman–Crippen MR) is 88.1 cm³/mol. The van der Waals surface area contributed by atoms with Crippen LogP contribution in [-0.4, -0.2) is 9.36 Å². The van der Waals surface area contributed by atoms with Crippen molar-refractivity contribution in [1.29, 1.82) is 0 Å². The summed E-state index contributed by atoms with van der Waals surface area (Å²) >= 11 is 0. The molecule has 4 heteroatoms. The number of aromatic nitrogens is 2. The van der Waals surface area contributed by atoms with Crippen molar-refractivity contribution in [2.24, 2.45) is 0 Å². The normalized spacial score (nSPS) is 12.7. The van der Waals surface area contributed by atoms with Gasteiger partial charge >= 0.3 is 0 Å². The van der Waals surface area contributed by atoms with Crippen molar-refractivity contribution >= 4 is 5.69 Å². The van der Waals surface area contributed by atoms with Gasteiger partial charge in [-0.2, -0.15) is 0 Å². The zero-order valence-corrected chi connectivity index (χ0v) is 13.8. The first-order valence-corrected chi connectivity index (χ1v) is 7.25. The molecule has 0 aliphatic carbocycles. The molecule has 2 aromatic rings. The minimum absolute atomic E-state index is 0.128. The highest BCUT2D eigenvalue weighted by Crippen LogP contribution is 2.31. The van der Waals surface area contributed by atoms with E-state index in [4.69, 9.17) is 5.73 Å². The fraction of sp³-hybridized carbons (Fsp3) is 0.471. The van der Waals surface area contributed by atoms with Crippen LogP contribution in [0.15, 0.2) is 35.1 Å². The minimum Gasteiger partial charge on any atom is -0.393 e. The summed E-state index contributed by atoms with van der Waals surface area (Å²) in [5, 5.41) is 0. The Morgan fingerprint density at radius 1 is 0.952 bits per heavy atom. The third kappa shape index (κ3) is 2.62. The Kier molecular flexibility index (Phi) is 3.52. The monoisotopic (exact) mass is 287 g/mol. The zero-order valence-electron chi connectivity index (χ0n) is 13.8. The van der Waals surface area contributed by atoms with E-state index in [2.05, 4.69) is 20.8 Å². The number of hydrogen-bond acceptors (Lipinski definition) is 2. The van der Waals surface area contributed by atoms with E-state index >= 15 is 0 Å². The van der Waals surface area contributed by atoms with Crippen LogP contribution in [0.2, 0.25) is 0 Å². The molecule has 2 N–H and O–H groups in total. The molecule has 0 amide bonds. The first-order chi connectivity index (χ1) is 9.55. The maximum Gasteiger partial charge on any atom is 0.290 e. The Morgan fingerprint density at radius 2 is 1.48 bits per heavy atom. The average molecular weight is 287 g/mol. The Balaban J connectivity index is 2.95. The average Bonchev–Trinajstić information content (AvgIpc) is 2.62. The van der Waals surface area contributed by atoms with Crippen molar-refractivity contribution in [2.75, 3.05) is 5.73 Å². The third-order valence-electron chi connectivity index (χ3n) is 3.44. The lowest BCUT2D eigenvalue weighted by molar-refractivity contribution is 0.310. The molecule has 2 rings (SSSR count). The maximum absolute atomic E-state index is 12.7. The predicted octanol–water partition coefficient (Wildman–Crippen LogP) is 3.27. The molecule has 0 aliphatic heterocycles. The fourth-order valence-electron chi connectivity index (χ4n) is 2.66. The first-order valence-electron chi connectivity index (χ1n) is 7.25. The van der Waals surface area contributed by atoms with Crippen molar-refractivity contribution in [1.82, 2.24) is 9.36 Å². The summed E-state index contributed by atoms with van der Waals surface area (Å²) in [6.07, 6.45) is 0. The largest absolute Gasteiger partial charge is 0.393 e. The van der Waals surface area contributed by atoms with E-state index in [0.29, 0.717) is 5.69 Å².